The maximum Gasteiger partial charge on any atom is 0.363 e. The molecule has 1 heterocycles. The molecule has 0 saturated carbocycles. The van der Waals surface area contributed by atoms with Crippen LogP contribution in [0.3, 0.4) is 0 Å². The van der Waals surface area contributed by atoms with E-state index in [0.717, 1.165) is 27.5 Å². The minimum atomic E-state index is -0.492. The second-order valence-electron chi connectivity index (χ2n) is 7.28. The van der Waals surface area contributed by atoms with E-state index in [1.807, 2.05) is 91.0 Å². The molecular weight excluding hydrogens is 422 g/mol. The second-order valence-corrected chi connectivity index (χ2v) is 7.69. The van der Waals surface area contributed by atoms with Gasteiger partial charge in [0.05, 0.1) is 0 Å². The number of halogens is 1. The van der Waals surface area contributed by atoms with Gasteiger partial charge in [-0.25, -0.2) is 9.79 Å². The minimum absolute atomic E-state index is 0.225. The first-order chi connectivity index (χ1) is 15.7. The average Bonchev–Trinajstić information content (AvgIpc) is 3.20. The first-order valence-corrected chi connectivity index (χ1v) is 10.5. The fourth-order valence-electron chi connectivity index (χ4n) is 3.57. The van der Waals surface area contributed by atoms with Gasteiger partial charge in [0.2, 0.25) is 5.90 Å². The molecule has 0 aliphatic carbocycles. The Morgan fingerprint density at radius 2 is 1.62 bits per heavy atom. The molecule has 5 heteroatoms. The van der Waals surface area contributed by atoms with Crippen molar-refractivity contribution < 1.29 is 14.3 Å². The SMILES string of the molecule is O=C1OC(c2ccccc2)=NC1=Cc1c(OCc2ccccc2Cl)ccc2ccccc12. The van der Waals surface area contributed by atoms with E-state index in [1.165, 1.54) is 0 Å². The molecule has 1 aliphatic rings. The molecule has 0 unspecified atom stereocenters. The van der Waals surface area contributed by atoms with E-state index < -0.39 is 5.97 Å². The number of hydrogen-bond acceptors (Lipinski definition) is 4. The molecule has 4 aromatic rings. The van der Waals surface area contributed by atoms with Gasteiger partial charge in [-0.3, -0.25) is 0 Å². The number of aliphatic imine (C=N–C) groups is 1. The Morgan fingerprint density at radius 3 is 2.47 bits per heavy atom. The molecule has 4 nitrogen and oxygen atoms in total. The number of carbonyl (C=O) groups is 1. The Hall–Kier alpha value is -3.89. The van der Waals surface area contributed by atoms with Gasteiger partial charge < -0.3 is 9.47 Å². The van der Waals surface area contributed by atoms with Crippen LogP contribution in [0, 0.1) is 0 Å². The van der Waals surface area contributed by atoms with E-state index in [9.17, 15) is 4.79 Å². The van der Waals surface area contributed by atoms with Crippen molar-refractivity contribution in [1.82, 2.24) is 0 Å². The van der Waals surface area contributed by atoms with Crippen molar-refractivity contribution in [3.05, 3.63) is 118 Å². The molecule has 32 heavy (non-hydrogen) atoms. The summed E-state index contributed by atoms with van der Waals surface area (Å²) in [4.78, 5) is 17.0. The van der Waals surface area contributed by atoms with Gasteiger partial charge in [-0.1, -0.05) is 78.3 Å². The van der Waals surface area contributed by atoms with Crippen LogP contribution in [0.25, 0.3) is 16.8 Å². The van der Waals surface area contributed by atoms with E-state index in [2.05, 4.69) is 4.99 Å². The molecule has 4 aromatic carbocycles. The summed E-state index contributed by atoms with van der Waals surface area (Å²) in [7, 11) is 0. The summed E-state index contributed by atoms with van der Waals surface area (Å²) in [6.07, 6.45) is 1.72. The predicted octanol–water partition coefficient (Wildman–Crippen LogP) is 6.42. The van der Waals surface area contributed by atoms with Gasteiger partial charge in [0.15, 0.2) is 5.70 Å². The molecule has 1 aliphatic heterocycles. The van der Waals surface area contributed by atoms with Crippen LogP contribution in [0.1, 0.15) is 16.7 Å². The maximum atomic E-state index is 12.6. The number of esters is 1. The zero-order chi connectivity index (χ0) is 21.9. The second kappa shape index (κ2) is 8.69. The Balaban J connectivity index is 1.56. The van der Waals surface area contributed by atoms with Crippen molar-refractivity contribution in [2.24, 2.45) is 4.99 Å². The van der Waals surface area contributed by atoms with Gasteiger partial charge in [-0.05, 0) is 41.1 Å². The summed E-state index contributed by atoms with van der Waals surface area (Å²) in [5.41, 5.74) is 2.62. The largest absolute Gasteiger partial charge is 0.488 e. The van der Waals surface area contributed by atoms with Crippen LogP contribution in [-0.2, 0) is 16.1 Å². The van der Waals surface area contributed by atoms with Crippen molar-refractivity contribution >= 4 is 40.3 Å². The highest BCUT2D eigenvalue weighted by atomic mass is 35.5. The van der Waals surface area contributed by atoms with E-state index in [0.29, 0.717) is 23.3 Å². The Labute approximate surface area is 190 Å². The topological polar surface area (TPSA) is 47.9 Å². The highest BCUT2D eigenvalue weighted by Crippen LogP contribution is 2.32. The van der Waals surface area contributed by atoms with Gasteiger partial charge in [-0.2, -0.15) is 0 Å². The van der Waals surface area contributed by atoms with Crippen LogP contribution in [-0.4, -0.2) is 11.9 Å². The van der Waals surface area contributed by atoms with Crippen molar-refractivity contribution in [3.63, 3.8) is 0 Å². The number of ether oxygens (including phenoxy) is 2. The third-order valence-corrected chi connectivity index (χ3v) is 5.56. The summed E-state index contributed by atoms with van der Waals surface area (Å²) >= 11 is 6.29. The van der Waals surface area contributed by atoms with Crippen molar-refractivity contribution in [1.29, 1.82) is 0 Å². The van der Waals surface area contributed by atoms with Crippen LogP contribution < -0.4 is 4.74 Å². The molecule has 0 bridgehead atoms. The Morgan fingerprint density at radius 1 is 0.875 bits per heavy atom. The molecule has 0 N–H and O–H groups in total. The molecule has 0 amide bonds. The fraction of sp³-hybridized carbons (Fsp3) is 0.0370. The standard InChI is InChI=1S/C27H18ClNO3/c28-23-13-7-5-11-20(23)17-31-25-15-14-18-8-4-6-12-21(18)22(25)16-24-27(30)32-26(29-24)19-9-2-1-3-10-19/h1-16H,17H2. The lowest BCUT2D eigenvalue weighted by molar-refractivity contribution is -0.129. The van der Waals surface area contributed by atoms with Crippen molar-refractivity contribution in [2.45, 2.75) is 6.61 Å². The number of fused-ring (bicyclic) bond motifs is 1. The summed E-state index contributed by atoms with van der Waals surface area (Å²) in [5, 5.41) is 2.63. The van der Waals surface area contributed by atoms with Gasteiger partial charge >= 0.3 is 5.97 Å². The Kier molecular flexibility index (Phi) is 5.44. The zero-order valence-corrected chi connectivity index (χ0v) is 17.8. The van der Waals surface area contributed by atoms with Crippen LogP contribution in [0.15, 0.2) is 102 Å². The molecular formula is C27H18ClNO3. The lowest BCUT2D eigenvalue weighted by atomic mass is 10.0. The van der Waals surface area contributed by atoms with Gasteiger partial charge in [0.1, 0.15) is 12.4 Å². The molecule has 0 saturated heterocycles. The first-order valence-electron chi connectivity index (χ1n) is 10.1. The average molecular weight is 440 g/mol. The zero-order valence-electron chi connectivity index (χ0n) is 17.0. The molecule has 0 spiro atoms. The van der Waals surface area contributed by atoms with E-state index in [1.54, 1.807) is 6.08 Å². The maximum absolute atomic E-state index is 12.6. The summed E-state index contributed by atoms with van der Waals surface area (Å²) in [5.74, 6) is 0.432. The number of nitrogens with zero attached hydrogens (tertiary/aromatic N) is 1. The predicted molar refractivity (Wildman–Crippen MR) is 127 cm³/mol. The third-order valence-electron chi connectivity index (χ3n) is 5.19. The van der Waals surface area contributed by atoms with Crippen LogP contribution >= 0.6 is 11.6 Å². The van der Waals surface area contributed by atoms with E-state index in [-0.39, 0.29) is 5.70 Å². The lowest BCUT2D eigenvalue weighted by Gasteiger charge is -2.13. The number of cyclic esters (lactones) is 1. The highest BCUT2D eigenvalue weighted by Gasteiger charge is 2.25. The van der Waals surface area contributed by atoms with Crippen molar-refractivity contribution in [3.8, 4) is 5.75 Å². The normalized spacial score (nSPS) is 14.5. The summed E-state index contributed by atoms with van der Waals surface area (Å²) in [6, 6.07) is 28.7. The van der Waals surface area contributed by atoms with E-state index in [4.69, 9.17) is 21.1 Å². The number of hydrogen-bond donors (Lipinski definition) is 0. The number of rotatable bonds is 5. The van der Waals surface area contributed by atoms with Gasteiger partial charge in [-0.15, -0.1) is 0 Å². The minimum Gasteiger partial charge on any atom is -0.488 e. The summed E-state index contributed by atoms with van der Waals surface area (Å²) in [6.45, 7) is 0.303. The number of benzene rings is 4. The van der Waals surface area contributed by atoms with Crippen molar-refractivity contribution in [2.75, 3.05) is 0 Å². The Bertz CT molecular complexity index is 1380. The molecule has 156 valence electrons. The monoisotopic (exact) mass is 439 g/mol. The molecule has 0 fully saturated rings. The third kappa shape index (κ3) is 4.01. The first kappa shape index (κ1) is 20.0. The number of carbonyl (C=O) groups excluding carboxylic acids is 1. The van der Waals surface area contributed by atoms with Crippen LogP contribution in [0.5, 0.6) is 5.75 Å². The lowest BCUT2D eigenvalue weighted by Crippen LogP contribution is -2.05. The molecule has 5 rings (SSSR count). The van der Waals surface area contributed by atoms with Crippen LogP contribution in [0.4, 0.5) is 0 Å². The highest BCUT2D eigenvalue weighted by molar-refractivity contribution is 6.31. The fourth-order valence-corrected chi connectivity index (χ4v) is 3.76. The summed E-state index contributed by atoms with van der Waals surface area (Å²) < 4.78 is 11.6. The van der Waals surface area contributed by atoms with Gasteiger partial charge in [0, 0.05) is 21.7 Å². The molecule has 0 atom stereocenters. The van der Waals surface area contributed by atoms with E-state index >= 15 is 0 Å². The van der Waals surface area contributed by atoms with Crippen LogP contribution in [0.2, 0.25) is 5.02 Å². The molecule has 0 aromatic heterocycles. The van der Waals surface area contributed by atoms with Gasteiger partial charge in [0.25, 0.3) is 0 Å². The smallest absolute Gasteiger partial charge is 0.363 e. The quantitative estimate of drug-likeness (QED) is 0.266. The molecule has 0 radical (unpaired) electrons.